The van der Waals surface area contributed by atoms with Crippen molar-refractivity contribution in [3.05, 3.63) is 60.2 Å². The zero-order chi connectivity index (χ0) is 20.4. The fourth-order valence-electron chi connectivity index (χ4n) is 4.25. The van der Waals surface area contributed by atoms with Crippen LogP contribution in [0.1, 0.15) is 109 Å². The average molecular weight is 393 g/mol. The van der Waals surface area contributed by atoms with Crippen molar-refractivity contribution in [1.29, 1.82) is 0 Å². The molecular formula is C29H44. The van der Waals surface area contributed by atoms with Gasteiger partial charge in [-0.25, -0.2) is 0 Å². The number of aryl methyl sites for hydroxylation is 1. The first-order valence-corrected chi connectivity index (χ1v) is 12.5. The van der Waals surface area contributed by atoms with Gasteiger partial charge in [0.1, 0.15) is 0 Å². The van der Waals surface area contributed by atoms with Crippen LogP contribution in [0.5, 0.6) is 0 Å². The van der Waals surface area contributed by atoms with E-state index in [2.05, 4.69) is 61.5 Å². The quantitative estimate of drug-likeness (QED) is 0.185. The molecule has 0 saturated heterocycles. The summed E-state index contributed by atoms with van der Waals surface area (Å²) in [6, 6.07) is 15.5. The van der Waals surface area contributed by atoms with E-state index in [9.17, 15) is 0 Å². The molecule has 0 aliphatic carbocycles. The van der Waals surface area contributed by atoms with E-state index in [1.54, 1.807) is 0 Å². The summed E-state index contributed by atoms with van der Waals surface area (Å²) in [4.78, 5) is 0. The van der Waals surface area contributed by atoms with Gasteiger partial charge in [0, 0.05) is 0 Å². The van der Waals surface area contributed by atoms with Crippen LogP contribution in [0, 0.1) is 0 Å². The molecule has 2 aromatic carbocycles. The summed E-state index contributed by atoms with van der Waals surface area (Å²) in [6.07, 6.45) is 26.8. The van der Waals surface area contributed by atoms with Gasteiger partial charge < -0.3 is 0 Å². The van der Waals surface area contributed by atoms with E-state index in [1.807, 2.05) is 0 Å². The summed E-state index contributed by atoms with van der Waals surface area (Å²) >= 11 is 0. The highest BCUT2D eigenvalue weighted by molar-refractivity contribution is 5.85. The van der Waals surface area contributed by atoms with Crippen molar-refractivity contribution >= 4 is 10.8 Å². The van der Waals surface area contributed by atoms with Gasteiger partial charge in [-0.2, -0.15) is 0 Å². The number of hydrogen-bond acceptors (Lipinski definition) is 0. The molecule has 29 heavy (non-hydrogen) atoms. The largest absolute Gasteiger partial charge is 0.0885 e. The van der Waals surface area contributed by atoms with Crippen LogP contribution in [0.25, 0.3) is 10.8 Å². The molecule has 0 aliphatic heterocycles. The van der Waals surface area contributed by atoms with Crippen molar-refractivity contribution in [2.75, 3.05) is 0 Å². The van der Waals surface area contributed by atoms with E-state index in [0.717, 1.165) is 0 Å². The second kappa shape index (κ2) is 16.3. The van der Waals surface area contributed by atoms with Crippen molar-refractivity contribution in [2.45, 2.75) is 110 Å². The lowest BCUT2D eigenvalue weighted by Gasteiger charge is -2.06. The predicted octanol–water partition coefficient (Wildman–Crippen LogP) is 9.81. The van der Waals surface area contributed by atoms with Crippen LogP contribution in [-0.4, -0.2) is 0 Å². The Morgan fingerprint density at radius 1 is 0.552 bits per heavy atom. The molecule has 0 N–H and O–H groups in total. The highest BCUT2D eigenvalue weighted by Gasteiger charge is 2.00. The number of fused-ring (bicyclic) bond motifs is 1. The van der Waals surface area contributed by atoms with Gasteiger partial charge in [-0.15, -0.1) is 0 Å². The van der Waals surface area contributed by atoms with Crippen molar-refractivity contribution in [1.82, 2.24) is 0 Å². The molecule has 0 radical (unpaired) electrons. The van der Waals surface area contributed by atoms with Crippen LogP contribution in [0.4, 0.5) is 0 Å². The maximum absolute atomic E-state index is 2.43. The predicted molar refractivity (Wildman–Crippen MR) is 132 cm³/mol. The van der Waals surface area contributed by atoms with Crippen molar-refractivity contribution in [2.24, 2.45) is 0 Å². The Labute approximate surface area is 180 Å². The smallest absolute Gasteiger partial charge is 0.0152 e. The molecule has 0 bridgehead atoms. The second-order valence-electron chi connectivity index (χ2n) is 8.68. The minimum absolute atomic E-state index is 1.22. The Hall–Kier alpha value is -1.56. The number of hydrogen-bond donors (Lipinski definition) is 0. The number of unbranched alkanes of at least 4 members (excludes halogenated alkanes) is 13. The lowest BCUT2D eigenvalue weighted by molar-refractivity contribution is 0.577. The van der Waals surface area contributed by atoms with E-state index in [-0.39, 0.29) is 0 Å². The van der Waals surface area contributed by atoms with Gasteiger partial charge >= 0.3 is 0 Å². The van der Waals surface area contributed by atoms with E-state index in [0.29, 0.717) is 0 Å². The zero-order valence-corrected chi connectivity index (χ0v) is 19.0. The van der Waals surface area contributed by atoms with Crippen molar-refractivity contribution in [3.63, 3.8) is 0 Å². The van der Waals surface area contributed by atoms with Crippen LogP contribution < -0.4 is 0 Å². The molecule has 0 spiro atoms. The standard InChI is InChI=1S/C29H44/c1-2-3-4-5-6-7-8-9-10-11-12-13-14-15-16-17-18-22-27-24-21-25-28-23-19-20-26-29(27)28/h11-12,19-21,23-26H,2-10,13-18,22H2,1H3/b12-11+. The summed E-state index contributed by atoms with van der Waals surface area (Å²) < 4.78 is 0. The SMILES string of the molecule is CCCCCCCCCC/C=C/CCCCCCCc1cccc2ccccc12. The fourth-order valence-corrected chi connectivity index (χ4v) is 4.25. The van der Waals surface area contributed by atoms with Crippen molar-refractivity contribution < 1.29 is 0 Å². The molecular weight excluding hydrogens is 348 g/mol. The Kier molecular flexibility index (Phi) is 13.3. The third kappa shape index (κ3) is 10.7. The molecule has 2 rings (SSSR count). The molecule has 0 saturated carbocycles. The number of allylic oxidation sites excluding steroid dienone is 2. The van der Waals surface area contributed by atoms with Crippen LogP contribution in [-0.2, 0) is 6.42 Å². The van der Waals surface area contributed by atoms with Crippen LogP contribution >= 0.6 is 0 Å². The fraction of sp³-hybridized carbons (Fsp3) is 0.586. The molecule has 160 valence electrons. The van der Waals surface area contributed by atoms with Gasteiger partial charge in [-0.3, -0.25) is 0 Å². The molecule has 0 heterocycles. The molecule has 0 fully saturated rings. The summed E-state index contributed by atoms with van der Waals surface area (Å²) in [6.45, 7) is 2.29. The molecule has 0 nitrogen and oxygen atoms in total. The number of rotatable bonds is 17. The lowest BCUT2D eigenvalue weighted by atomic mass is 9.99. The summed E-state index contributed by atoms with van der Waals surface area (Å²) in [5.74, 6) is 0. The van der Waals surface area contributed by atoms with Crippen LogP contribution in [0.2, 0.25) is 0 Å². The molecule has 0 aromatic heterocycles. The normalized spacial score (nSPS) is 11.6. The first-order chi connectivity index (χ1) is 14.4. The first kappa shape index (κ1) is 23.7. The summed E-state index contributed by atoms with van der Waals surface area (Å²) in [5.41, 5.74) is 1.52. The molecule has 0 atom stereocenters. The average Bonchev–Trinajstić information content (AvgIpc) is 2.76. The lowest BCUT2D eigenvalue weighted by Crippen LogP contribution is -1.88. The van der Waals surface area contributed by atoms with Gasteiger partial charge in [0.05, 0.1) is 0 Å². The maximum Gasteiger partial charge on any atom is -0.0152 e. The minimum atomic E-state index is 1.22. The van der Waals surface area contributed by atoms with E-state index >= 15 is 0 Å². The van der Waals surface area contributed by atoms with E-state index in [1.165, 1.54) is 119 Å². The second-order valence-corrected chi connectivity index (χ2v) is 8.68. The topological polar surface area (TPSA) is 0 Å². The summed E-state index contributed by atoms with van der Waals surface area (Å²) in [7, 11) is 0. The third-order valence-corrected chi connectivity index (χ3v) is 6.09. The summed E-state index contributed by atoms with van der Waals surface area (Å²) in [5, 5.41) is 2.82. The van der Waals surface area contributed by atoms with E-state index < -0.39 is 0 Å². The Morgan fingerprint density at radius 3 is 1.79 bits per heavy atom. The van der Waals surface area contributed by atoms with Gasteiger partial charge in [-0.05, 0) is 54.9 Å². The van der Waals surface area contributed by atoms with Gasteiger partial charge in [0.25, 0.3) is 0 Å². The van der Waals surface area contributed by atoms with E-state index in [4.69, 9.17) is 0 Å². The van der Waals surface area contributed by atoms with Gasteiger partial charge in [0.2, 0.25) is 0 Å². The number of benzene rings is 2. The molecule has 0 aliphatic rings. The highest BCUT2D eigenvalue weighted by Crippen LogP contribution is 2.20. The molecule has 0 unspecified atom stereocenters. The Balaban J connectivity index is 1.39. The Bertz CT molecular complexity index is 661. The van der Waals surface area contributed by atoms with Gasteiger partial charge in [0.15, 0.2) is 0 Å². The van der Waals surface area contributed by atoms with Crippen LogP contribution in [0.15, 0.2) is 54.6 Å². The third-order valence-electron chi connectivity index (χ3n) is 6.09. The maximum atomic E-state index is 2.43. The van der Waals surface area contributed by atoms with Crippen LogP contribution in [0.3, 0.4) is 0 Å². The van der Waals surface area contributed by atoms with Gasteiger partial charge in [-0.1, -0.05) is 126 Å². The first-order valence-electron chi connectivity index (χ1n) is 12.5. The minimum Gasteiger partial charge on any atom is -0.0885 e. The monoisotopic (exact) mass is 392 g/mol. The highest BCUT2D eigenvalue weighted by atomic mass is 14.0. The molecule has 2 aromatic rings. The Morgan fingerprint density at radius 2 is 1.10 bits per heavy atom. The molecule has 0 heteroatoms. The zero-order valence-electron chi connectivity index (χ0n) is 19.0. The molecule has 0 amide bonds. The van der Waals surface area contributed by atoms with Crippen molar-refractivity contribution in [3.8, 4) is 0 Å².